The number of hydrogen-bond acceptors (Lipinski definition) is 7. The van der Waals surface area contributed by atoms with E-state index in [9.17, 15) is 18.5 Å². The molecule has 1 aromatic heterocycles. The predicted octanol–water partition coefficient (Wildman–Crippen LogP) is 3.26. The van der Waals surface area contributed by atoms with Gasteiger partial charge in [0.1, 0.15) is 5.69 Å². The van der Waals surface area contributed by atoms with Crippen LogP contribution < -0.4 is 10.0 Å². The van der Waals surface area contributed by atoms with Crippen molar-refractivity contribution in [2.75, 3.05) is 12.4 Å². The van der Waals surface area contributed by atoms with Gasteiger partial charge in [-0.05, 0) is 26.1 Å². The molecule has 0 fully saturated rings. The van der Waals surface area contributed by atoms with Crippen LogP contribution in [0.3, 0.4) is 0 Å². The SMILES string of the molecule is CNS(=O)(=O)c1ccc(NC(C)c2csc(C(C)C)n2)c([N+](=O)[O-])c1. The fraction of sp³-hybridized carbons (Fsp3) is 0.400. The number of rotatable bonds is 7. The average Bonchev–Trinajstić information content (AvgIpc) is 3.05. The van der Waals surface area contributed by atoms with E-state index < -0.39 is 14.9 Å². The van der Waals surface area contributed by atoms with Crippen molar-refractivity contribution in [3.63, 3.8) is 0 Å². The zero-order valence-corrected chi connectivity index (χ0v) is 15.9. The molecule has 0 aliphatic carbocycles. The van der Waals surface area contributed by atoms with Gasteiger partial charge in [0.15, 0.2) is 0 Å². The van der Waals surface area contributed by atoms with Gasteiger partial charge in [0, 0.05) is 17.4 Å². The van der Waals surface area contributed by atoms with Crippen LogP contribution in [0.4, 0.5) is 11.4 Å². The Labute approximate surface area is 150 Å². The molecule has 0 radical (unpaired) electrons. The second-order valence-electron chi connectivity index (χ2n) is 5.77. The number of nitrogens with one attached hydrogen (secondary N) is 2. The number of sulfonamides is 1. The third kappa shape index (κ3) is 4.33. The Hall–Kier alpha value is -2.04. The van der Waals surface area contributed by atoms with Crippen molar-refractivity contribution < 1.29 is 13.3 Å². The van der Waals surface area contributed by atoms with Gasteiger partial charge >= 0.3 is 0 Å². The summed E-state index contributed by atoms with van der Waals surface area (Å²) >= 11 is 1.54. The molecule has 8 nitrogen and oxygen atoms in total. The molecule has 1 atom stereocenters. The van der Waals surface area contributed by atoms with Crippen LogP contribution in [0.5, 0.6) is 0 Å². The highest BCUT2D eigenvalue weighted by molar-refractivity contribution is 7.89. The Bertz CT molecular complexity index is 877. The monoisotopic (exact) mass is 384 g/mol. The van der Waals surface area contributed by atoms with Gasteiger partial charge in [-0.3, -0.25) is 10.1 Å². The van der Waals surface area contributed by atoms with Gasteiger partial charge in [-0.15, -0.1) is 11.3 Å². The van der Waals surface area contributed by atoms with Gasteiger partial charge in [0.05, 0.1) is 26.6 Å². The summed E-state index contributed by atoms with van der Waals surface area (Å²) in [5.41, 5.74) is 0.726. The fourth-order valence-corrected chi connectivity index (χ4v) is 3.82. The first-order chi connectivity index (χ1) is 11.7. The average molecular weight is 384 g/mol. The molecule has 0 amide bonds. The van der Waals surface area contributed by atoms with Crippen LogP contribution in [0.2, 0.25) is 0 Å². The van der Waals surface area contributed by atoms with Crippen LogP contribution in [-0.2, 0) is 10.0 Å². The first-order valence-electron chi connectivity index (χ1n) is 7.59. The standard InChI is InChI=1S/C15H20N4O4S2/c1-9(2)15-18-13(8-24-15)10(3)17-12-6-5-11(25(22,23)16-4)7-14(12)19(20)21/h5-10,16-17H,1-4H3. The van der Waals surface area contributed by atoms with Crippen molar-refractivity contribution in [1.82, 2.24) is 9.71 Å². The predicted molar refractivity (Wildman–Crippen MR) is 97.6 cm³/mol. The van der Waals surface area contributed by atoms with E-state index in [0.717, 1.165) is 16.8 Å². The van der Waals surface area contributed by atoms with E-state index >= 15 is 0 Å². The summed E-state index contributed by atoms with van der Waals surface area (Å²) in [5, 5.41) is 17.3. The van der Waals surface area contributed by atoms with Gasteiger partial charge in [-0.2, -0.15) is 0 Å². The molecule has 25 heavy (non-hydrogen) atoms. The van der Waals surface area contributed by atoms with Crippen molar-refractivity contribution in [3.8, 4) is 0 Å². The number of nitro benzene ring substituents is 1. The molecule has 1 unspecified atom stereocenters. The number of aromatic nitrogens is 1. The largest absolute Gasteiger partial charge is 0.371 e. The molecule has 0 saturated heterocycles. The molecule has 0 spiro atoms. The molecule has 1 aromatic carbocycles. The molecule has 0 saturated carbocycles. The number of hydrogen-bond donors (Lipinski definition) is 2. The Morgan fingerprint density at radius 2 is 1.96 bits per heavy atom. The Morgan fingerprint density at radius 3 is 2.48 bits per heavy atom. The molecule has 1 heterocycles. The lowest BCUT2D eigenvalue weighted by molar-refractivity contribution is -0.384. The number of anilines is 1. The van der Waals surface area contributed by atoms with Gasteiger partial charge in [0.25, 0.3) is 5.69 Å². The first kappa shape index (κ1) is 19.3. The lowest BCUT2D eigenvalue weighted by atomic mass is 10.2. The Kier molecular flexibility index (Phi) is 5.76. The van der Waals surface area contributed by atoms with Gasteiger partial charge in [-0.1, -0.05) is 13.8 Å². The number of nitrogens with zero attached hydrogens (tertiary/aromatic N) is 2. The Balaban J connectivity index is 2.33. The van der Waals surface area contributed by atoms with E-state index in [1.54, 1.807) is 11.3 Å². The van der Waals surface area contributed by atoms with E-state index in [1.807, 2.05) is 26.2 Å². The molecule has 2 N–H and O–H groups in total. The van der Waals surface area contributed by atoms with E-state index in [-0.39, 0.29) is 22.3 Å². The summed E-state index contributed by atoms with van der Waals surface area (Å²) in [6.07, 6.45) is 0. The zero-order chi connectivity index (χ0) is 18.8. The zero-order valence-electron chi connectivity index (χ0n) is 14.3. The van der Waals surface area contributed by atoms with E-state index in [1.165, 1.54) is 19.2 Å². The molecule has 2 aromatic rings. The van der Waals surface area contributed by atoms with Crippen LogP contribution in [0, 0.1) is 10.1 Å². The maximum absolute atomic E-state index is 11.8. The maximum atomic E-state index is 11.8. The minimum atomic E-state index is -3.75. The lowest BCUT2D eigenvalue weighted by Gasteiger charge is -2.14. The molecule has 136 valence electrons. The second kappa shape index (κ2) is 7.46. The number of nitro groups is 1. The molecular formula is C15H20N4O4S2. The summed E-state index contributed by atoms with van der Waals surface area (Å²) in [6, 6.07) is 3.51. The van der Waals surface area contributed by atoms with Crippen molar-refractivity contribution >= 4 is 32.7 Å². The molecule has 2 rings (SSSR count). The molecule has 0 aliphatic rings. The summed E-state index contributed by atoms with van der Waals surface area (Å²) < 4.78 is 25.8. The quantitative estimate of drug-likeness (QED) is 0.559. The Morgan fingerprint density at radius 1 is 1.28 bits per heavy atom. The third-order valence-corrected chi connectivity index (χ3v) is 6.17. The van der Waals surface area contributed by atoms with E-state index in [4.69, 9.17) is 0 Å². The number of thiazole rings is 1. The van der Waals surface area contributed by atoms with Crippen molar-refractivity contribution in [3.05, 3.63) is 44.4 Å². The highest BCUT2D eigenvalue weighted by Crippen LogP contribution is 2.31. The topological polar surface area (TPSA) is 114 Å². The summed E-state index contributed by atoms with van der Waals surface area (Å²) in [5.74, 6) is 0.311. The van der Waals surface area contributed by atoms with Gasteiger partial charge < -0.3 is 5.32 Å². The van der Waals surface area contributed by atoms with E-state index in [2.05, 4.69) is 15.0 Å². The molecule has 10 heteroatoms. The second-order valence-corrected chi connectivity index (χ2v) is 8.55. The van der Waals surface area contributed by atoms with Crippen LogP contribution >= 0.6 is 11.3 Å². The highest BCUT2D eigenvalue weighted by Gasteiger charge is 2.22. The van der Waals surface area contributed by atoms with Crippen molar-refractivity contribution in [2.24, 2.45) is 0 Å². The van der Waals surface area contributed by atoms with Crippen LogP contribution in [-0.4, -0.2) is 25.4 Å². The van der Waals surface area contributed by atoms with Crippen molar-refractivity contribution in [2.45, 2.75) is 37.6 Å². The summed E-state index contributed by atoms with van der Waals surface area (Å²) in [7, 11) is -2.50. The van der Waals surface area contributed by atoms with E-state index in [0.29, 0.717) is 5.92 Å². The summed E-state index contributed by atoms with van der Waals surface area (Å²) in [4.78, 5) is 15.1. The smallest absolute Gasteiger partial charge is 0.293 e. The minimum absolute atomic E-state index is 0.157. The lowest BCUT2D eigenvalue weighted by Crippen LogP contribution is -2.19. The summed E-state index contributed by atoms with van der Waals surface area (Å²) in [6.45, 7) is 5.94. The minimum Gasteiger partial charge on any atom is -0.371 e. The first-order valence-corrected chi connectivity index (χ1v) is 9.95. The third-order valence-electron chi connectivity index (χ3n) is 3.59. The number of benzene rings is 1. The molecule has 0 bridgehead atoms. The highest BCUT2D eigenvalue weighted by atomic mass is 32.2. The molecule has 0 aliphatic heterocycles. The van der Waals surface area contributed by atoms with Crippen LogP contribution in [0.15, 0.2) is 28.5 Å². The van der Waals surface area contributed by atoms with Gasteiger partial charge in [-0.25, -0.2) is 18.1 Å². The fourth-order valence-electron chi connectivity index (χ4n) is 2.14. The van der Waals surface area contributed by atoms with Crippen molar-refractivity contribution in [1.29, 1.82) is 0 Å². The van der Waals surface area contributed by atoms with Crippen LogP contribution in [0.25, 0.3) is 0 Å². The maximum Gasteiger partial charge on any atom is 0.293 e. The van der Waals surface area contributed by atoms with Crippen LogP contribution in [0.1, 0.15) is 43.4 Å². The molecular weight excluding hydrogens is 364 g/mol. The normalized spacial score (nSPS) is 13.0. The van der Waals surface area contributed by atoms with Gasteiger partial charge in [0.2, 0.25) is 10.0 Å².